The lowest BCUT2D eigenvalue weighted by Gasteiger charge is -2.08. The summed E-state index contributed by atoms with van der Waals surface area (Å²) >= 11 is 0. The van der Waals surface area contributed by atoms with Gasteiger partial charge in [-0.05, 0) is 18.6 Å². The Hall–Kier alpha value is -1.81. The van der Waals surface area contributed by atoms with Gasteiger partial charge in [-0.3, -0.25) is 0 Å². The zero-order valence-electron chi connectivity index (χ0n) is 12.9. The Kier molecular flexibility index (Phi) is 5.81. The van der Waals surface area contributed by atoms with Crippen LogP contribution < -0.4 is 10.5 Å². The van der Waals surface area contributed by atoms with Crippen LogP contribution in [0.25, 0.3) is 11.3 Å². The molecule has 0 unspecified atom stereocenters. The normalized spacial score (nSPS) is 12.3. The Morgan fingerprint density at radius 2 is 2.05 bits per heavy atom. The first-order valence-corrected chi connectivity index (χ1v) is 7.70. The van der Waals surface area contributed by atoms with Crippen molar-refractivity contribution in [2.24, 2.45) is 5.73 Å². The van der Waals surface area contributed by atoms with Crippen LogP contribution in [0.3, 0.4) is 0 Å². The van der Waals surface area contributed by atoms with Gasteiger partial charge in [-0.25, -0.2) is 4.98 Å². The van der Waals surface area contributed by atoms with Crippen molar-refractivity contribution in [3.63, 3.8) is 0 Å². The number of nitrogens with one attached hydrogen (secondary N) is 1. The molecule has 0 spiro atoms. The Balaban J connectivity index is 2.03. The smallest absolute Gasteiger partial charge is 0.128 e. The number of aromatic nitrogens is 2. The third-order valence-corrected chi connectivity index (χ3v) is 3.70. The molecule has 0 aliphatic rings. The number of nitrogens with two attached hydrogens (primary N) is 1. The molecule has 0 fully saturated rings. The van der Waals surface area contributed by atoms with Gasteiger partial charge in [-0.2, -0.15) is 0 Å². The first kappa shape index (κ1) is 15.6. The van der Waals surface area contributed by atoms with Crippen LogP contribution in [0, 0.1) is 0 Å². The number of hydrogen-bond donors (Lipinski definition) is 2. The third kappa shape index (κ3) is 4.08. The van der Waals surface area contributed by atoms with E-state index >= 15 is 0 Å². The average molecular weight is 287 g/mol. The number of para-hydroxylation sites is 1. The number of methoxy groups -OCH3 is 1. The number of hydrogen-bond acceptors (Lipinski definition) is 3. The molecule has 0 saturated carbocycles. The van der Waals surface area contributed by atoms with E-state index in [1.165, 1.54) is 19.3 Å². The van der Waals surface area contributed by atoms with E-state index in [4.69, 9.17) is 10.5 Å². The summed E-state index contributed by atoms with van der Waals surface area (Å²) in [5, 5.41) is 0. The molecule has 0 aliphatic carbocycles. The molecule has 0 amide bonds. The molecule has 1 heterocycles. The first-order chi connectivity index (χ1) is 10.3. The second-order valence-electron chi connectivity index (χ2n) is 5.33. The lowest BCUT2D eigenvalue weighted by Crippen LogP contribution is -2.11. The number of H-pyrrole nitrogens is 1. The predicted molar refractivity (Wildman–Crippen MR) is 86.3 cm³/mol. The Morgan fingerprint density at radius 1 is 1.24 bits per heavy atom. The van der Waals surface area contributed by atoms with Gasteiger partial charge in [0, 0.05) is 11.8 Å². The van der Waals surface area contributed by atoms with Crippen LogP contribution in [0.1, 0.15) is 50.9 Å². The van der Waals surface area contributed by atoms with Crippen molar-refractivity contribution in [2.45, 2.75) is 45.1 Å². The maximum Gasteiger partial charge on any atom is 0.128 e. The average Bonchev–Trinajstić information content (AvgIpc) is 3.01. The van der Waals surface area contributed by atoms with Crippen LogP contribution in [0.15, 0.2) is 30.5 Å². The molecule has 1 aromatic heterocycles. The maximum absolute atomic E-state index is 6.21. The number of benzene rings is 1. The Bertz CT molecular complexity index is 550. The molecular formula is C17H25N3O. The van der Waals surface area contributed by atoms with Crippen molar-refractivity contribution < 1.29 is 4.74 Å². The van der Waals surface area contributed by atoms with Gasteiger partial charge in [0.05, 0.1) is 18.8 Å². The van der Waals surface area contributed by atoms with Gasteiger partial charge in [0.1, 0.15) is 11.6 Å². The summed E-state index contributed by atoms with van der Waals surface area (Å²) in [6, 6.07) is 7.86. The van der Waals surface area contributed by atoms with E-state index in [1.807, 2.05) is 30.5 Å². The topological polar surface area (TPSA) is 63.9 Å². The monoisotopic (exact) mass is 287 g/mol. The van der Waals surface area contributed by atoms with Crippen molar-refractivity contribution in [2.75, 3.05) is 7.11 Å². The number of ether oxygens (including phenoxy) is 1. The molecule has 4 heteroatoms. The lowest BCUT2D eigenvalue weighted by molar-refractivity contribution is 0.416. The van der Waals surface area contributed by atoms with Crippen LogP contribution in [0.2, 0.25) is 0 Å². The van der Waals surface area contributed by atoms with E-state index in [9.17, 15) is 0 Å². The number of nitrogens with zero attached hydrogens (tertiary/aromatic N) is 1. The Morgan fingerprint density at radius 3 is 2.81 bits per heavy atom. The quantitative estimate of drug-likeness (QED) is 0.720. The fraction of sp³-hybridized carbons (Fsp3) is 0.471. The summed E-state index contributed by atoms with van der Waals surface area (Å²) < 4.78 is 5.38. The summed E-state index contributed by atoms with van der Waals surface area (Å²) in [6.45, 7) is 2.21. The molecular weight excluding hydrogens is 262 g/mol. The minimum atomic E-state index is -0.0229. The molecule has 3 N–H and O–H groups in total. The van der Waals surface area contributed by atoms with Crippen molar-refractivity contribution in [1.82, 2.24) is 9.97 Å². The fourth-order valence-corrected chi connectivity index (χ4v) is 2.45. The highest BCUT2D eigenvalue weighted by atomic mass is 16.5. The molecule has 21 heavy (non-hydrogen) atoms. The molecule has 2 rings (SSSR count). The maximum atomic E-state index is 6.21. The van der Waals surface area contributed by atoms with Gasteiger partial charge < -0.3 is 15.5 Å². The zero-order chi connectivity index (χ0) is 15.1. The van der Waals surface area contributed by atoms with E-state index in [0.29, 0.717) is 0 Å². The highest BCUT2D eigenvalue weighted by Gasteiger charge is 2.13. The Labute approximate surface area is 126 Å². The van der Waals surface area contributed by atoms with Gasteiger partial charge in [0.15, 0.2) is 0 Å². The van der Waals surface area contributed by atoms with Crippen molar-refractivity contribution in [3.05, 3.63) is 36.3 Å². The van der Waals surface area contributed by atoms with Crippen LogP contribution in [0.5, 0.6) is 5.75 Å². The van der Waals surface area contributed by atoms with Crippen molar-refractivity contribution >= 4 is 0 Å². The molecule has 4 nitrogen and oxygen atoms in total. The summed E-state index contributed by atoms with van der Waals surface area (Å²) in [4.78, 5) is 7.83. The van der Waals surface area contributed by atoms with E-state index in [1.54, 1.807) is 7.11 Å². The summed E-state index contributed by atoms with van der Waals surface area (Å²) in [5.41, 5.74) is 8.08. The zero-order valence-corrected chi connectivity index (χ0v) is 12.9. The van der Waals surface area contributed by atoms with E-state index in [-0.39, 0.29) is 6.04 Å². The molecule has 0 radical (unpaired) electrons. The van der Waals surface area contributed by atoms with E-state index in [2.05, 4.69) is 16.9 Å². The van der Waals surface area contributed by atoms with Crippen LogP contribution in [-0.2, 0) is 0 Å². The number of imidazole rings is 1. The number of rotatable bonds is 8. The second kappa shape index (κ2) is 7.84. The second-order valence-corrected chi connectivity index (χ2v) is 5.33. The minimum absolute atomic E-state index is 0.0229. The molecule has 114 valence electrons. The van der Waals surface area contributed by atoms with Gasteiger partial charge in [-0.1, -0.05) is 44.7 Å². The van der Waals surface area contributed by atoms with Gasteiger partial charge in [-0.15, -0.1) is 0 Å². The molecule has 1 aromatic carbocycles. The van der Waals surface area contributed by atoms with Crippen LogP contribution >= 0.6 is 0 Å². The van der Waals surface area contributed by atoms with Gasteiger partial charge in [0.25, 0.3) is 0 Å². The molecule has 1 atom stereocenters. The molecule has 0 bridgehead atoms. The van der Waals surface area contributed by atoms with Crippen LogP contribution in [0.4, 0.5) is 0 Å². The van der Waals surface area contributed by atoms with Crippen molar-refractivity contribution in [3.8, 4) is 17.0 Å². The molecule has 0 aliphatic heterocycles. The fourth-order valence-electron chi connectivity index (χ4n) is 2.45. The standard InChI is InChI=1S/C17H25N3O/c1-3-4-5-6-10-14(18)17-19-12-15(20-17)13-9-7-8-11-16(13)21-2/h7-9,11-12,14H,3-6,10,18H2,1-2H3,(H,19,20)/t14-/m1/s1. The highest BCUT2D eigenvalue weighted by molar-refractivity contribution is 5.66. The van der Waals surface area contributed by atoms with Gasteiger partial charge >= 0.3 is 0 Å². The summed E-state index contributed by atoms with van der Waals surface area (Å²) in [6.07, 6.45) is 7.78. The largest absolute Gasteiger partial charge is 0.496 e. The SMILES string of the molecule is CCCCCC[C@@H](N)c1nc(-c2ccccc2OC)c[nH]1. The summed E-state index contributed by atoms with van der Waals surface area (Å²) in [5.74, 6) is 1.68. The van der Waals surface area contributed by atoms with Crippen molar-refractivity contribution in [1.29, 1.82) is 0 Å². The van der Waals surface area contributed by atoms with E-state index in [0.717, 1.165) is 35.7 Å². The van der Waals surface area contributed by atoms with Gasteiger partial charge in [0.2, 0.25) is 0 Å². The molecule has 2 aromatic rings. The van der Waals surface area contributed by atoms with Crippen LogP contribution in [-0.4, -0.2) is 17.1 Å². The third-order valence-electron chi connectivity index (χ3n) is 3.70. The van der Waals surface area contributed by atoms with E-state index < -0.39 is 0 Å². The highest BCUT2D eigenvalue weighted by Crippen LogP contribution is 2.29. The molecule has 0 saturated heterocycles. The lowest BCUT2D eigenvalue weighted by atomic mass is 10.1. The first-order valence-electron chi connectivity index (χ1n) is 7.70. The summed E-state index contributed by atoms with van der Waals surface area (Å²) in [7, 11) is 1.67. The predicted octanol–water partition coefficient (Wildman–Crippen LogP) is 4.06. The number of aromatic amines is 1. The number of unbranched alkanes of at least 4 members (excludes halogenated alkanes) is 3. The minimum Gasteiger partial charge on any atom is -0.496 e.